The lowest BCUT2D eigenvalue weighted by Crippen LogP contribution is -1.86. The zero-order valence-corrected chi connectivity index (χ0v) is 7.76. The smallest absolute Gasteiger partial charge is 0.184 e. The summed E-state index contributed by atoms with van der Waals surface area (Å²) in [4.78, 5) is 0. The van der Waals surface area contributed by atoms with Gasteiger partial charge in [0, 0.05) is 0 Å². The van der Waals surface area contributed by atoms with Crippen LogP contribution in [0.25, 0.3) is 0 Å². The van der Waals surface area contributed by atoms with Crippen LogP contribution in [0.5, 0.6) is 5.75 Å². The summed E-state index contributed by atoms with van der Waals surface area (Å²) in [6, 6.07) is 5.77. The average molecular weight is 163 g/mol. The molecule has 1 heteroatoms. The Morgan fingerprint density at radius 1 is 1.33 bits per heavy atom. The van der Waals surface area contributed by atoms with Gasteiger partial charge in [0.15, 0.2) is 5.75 Å². The van der Waals surface area contributed by atoms with Crippen molar-refractivity contribution >= 4 is 0 Å². The molecule has 1 aromatic carbocycles. The molecule has 0 spiro atoms. The number of hydrogen-bond donors (Lipinski definition) is 0. The number of rotatable bonds is 3. The lowest BCUT2D eigenvalue weighted by Gasteiger charge is -2.02. The molecule has 0 fully saturated rings. The number of para-hydroxylation sites is 1. The normalized spacial score (nSPS) is 10.2. The largest absolute Gasteiger partial charge is 0.289 e. The molecule has 1 radical (unpaired) electrons. The molecule has 0 heterocycles. The summed E-state index contributed by atoms with van der Waals surface area (Å²) < 4.78 is 0. The molecule has 12 heavy (non-hydrogen) atoms. The molecule has 0 saturated heterocycles. The first-order chi connectivity index (χ1) is 5.75. The van der Waals surface area contributed by atoms with Crippen LogP contribution >= 0.6 is 0 Å². The zero-order chi connectivity index (χ0) is 8.97. The fourth-order valence-corrected chi connectivity index (χ4v) is 1.28. The minimum absolute atomic E-state index is 0.228. The summed E-state index contributed by atoms with van der Waals surface area (Å²) in [6.07, 6.45) is 3.18. The standard InChI is InChI=1S/C11H15O/c1-3-4-7-10-8-5-6-9(2)11(10)12/h5-6,8H,3-4,7H2,1-2H3. The zero-order valence-electron chi connectivity index (χ0n) is 7.76. The molecule has 0 unspecified atom stereocenters. The molecule has 0 aromatic heterocycles. The van der Waals surface area contributed by atoms with Crippen LogP contribution < -0.4 is 0 Å². The summed E-state index contributed by atoms with van der Waals surface area (Å²) in [6.45, 7) is 4.01. The van der Waals surface area contributed by atoms with Crippen molar-refractivity contribution in [2.24, 2.45) is 0 Å². The Morgan fingerprint density at radius 3 is 2.75 bits per heavy atom. The molecule has 0 saturated carbocycles. The van der Waals surface area contributed by atoms with Crippen LogP contribution in [0, 0.1) is 6.92 Å². The minimum atomic E-state index is 0.228. The van der Waals surface area contributed by atoms with Crippen molar-refractivity contribution in [1.29, 1.82) is 0 Å². The van der Waals surface area contributed by atoms with Crippen LogP contribution in [0.1, 0.15) is 30.9 Å². The van der Waals surface area contributed by atoms with Gasteiger partial charge in [-0.1, -0.05) is 31.5 Å². The van der Waals surface area contributed by atoms with Gasteiger partial charge in [-0.05, 0) is 30.9 Å². The summed E-state index contributed by atoms with van der Waals surface area (Å²) in [5.41, 5.74) is 1.83. The highest BCUT2D eigenvalue weighted by atomic mass is 16.3. The molecule has 0 aliphatic carbocycles. The molecule has 0 aliphatic heterocycles. The van der Waals surface area contributed by atoms with Gasteiger partial charge in [-0.3, -0.25) is 5.11 Å². The van der Waals surface area contributed by atoms with Crippen LogP contribution in [0.2, 0.25) is 0 Å². The maximum atomic E-state index is 11.5. The molecule has 0 atom stereocenters. The van der Waals surface area contributed by atoms with Gasteiger partial charge in [0.2, 0.25) is 0 Å². The highest BCUT2D eigenvalue weighted by Crippen LogP contribution is 2.23. The summed E-state index contributed by atoms with van der Waals surface area (Å²) in [5.74, 6) is 0.228. The molecule has 1 nitrogen and oxygen atoms in total. The van der Waals surface area contributed by atoms with E-state index in [1.165, 1.54) is 0 Å². The Kier molecular flexibility index (Phi) is 3.15. The maximum Gasteiger partial charge on any atom is 0.184 e. The van der Waals surface area contributed by atoms with E-state index in [0.29, 0.717) is 0 Å². The minimum Gasteiger partial charge on any atom is -0.289 e. The lowest BCUT2D eigenvalue weighted by molar-refractivity contribution is 0.346. The Bertz CT molecular complexity index is 253. The van der Waals surface area contributed by atoms with Crippen molar-refractivity contribution in [2.75, 3.05) is 0 Å². The Morgan fingerprint density at radius 2 is 2.08 bits per heavy atom. The summed E-state index contributed by atoms with van der Waals surface area (Å²) in [5, 5.41) is 11.5. The number of benzene rings is 1. The quantitative estimate of drug-likeness (QED) is 0.650. The third kappa shape index (κ3) is 2.00. The molecular formula is C11H15O. The summed E-state index contributed by atoms with van der Waals surface area (Å²) >= 11 is 0. The Hall–Kier alpha value is -0.980. The fourth-order valence-electron chi connectivity index (χ4n) is 1.28. The molecular weight excluding hydrogens is 148 g/mol. The van der Waals surface area contributed by atoms with Crippen LogP contribution in [0.3, 0.4) is 0 Å². The van der Waals surface area contributed by atoms with Crippen LogP contribution in [0.4, 0.5) is 0 Å². The Balaban J connectivity index is 2.78. The third-order valence-electron chi connectivity index (χ3n) is 2.09. The van der Waals surface area contributed by atoms with Gasteiger partial charge in [-0.2, -0.15) is 0 Å². The number of aryl methyl sites for hydroxylation is 2. The molecule has 0 amide bonds. The predicted molar refractivity (Wildman–Crippen MR) is 49.9 cm³/mol. The fraction of sp³-hybridized carbons (Fsp3) is 0.455. The van der Waals surface area contributed by atoms with Gasteiger partial charge >= 0.3 is 0 Å². The van der Waals surface area contributed by atoms with E-state index in [1.54, 1.807) is 0 Å². The van der Waals surface area contributed by atoms with Crippen LogP contribution in [-0.2, 0) is 11.5 Å². The molecule has 0 bridgehead atoms. The van der Waals surface area contributed by atoms with Gasteiger partial charge in [0.05, 0.1) is 0 Å². The average Bonchev–Trinajstić information content (AvgIpc) is 2.08. The van der Waals surface area contributed by atoms with E-state index in [2.05, 4.69) is 6.92 Å². The van der Waals surface area contributed by atoms with E-state index >= 15 is 0 Å². The molecule has 0 N–H and O–H groups in total. The monoisotopic (exact) mass is 163 g/mol. The van der Waals surface area contributed by atoms with E-state index in [9.17, 15) is 5.11 Å². The van der Waals surface area contributed by atoms with E-state index < -0.39 is 0 Å². The second-order valence-electron chi connectivity index (χ2n) is 3.17. The first-order valence-electron chi connectivity index (χ1n) is 4.51. The van der Waals surface area contributed by atoms with E-state index in [-0.39, 0.29) is 5.75 Å². The van der Waals surface area contributed by atoms with Crippen LogP contribution in [-0.4, -0.2) is 0 Å². The highest BCUT2D eigenvalue weighted by molar-refractivity contribution is 5.39. The molecule has 0 aliphatic rings. The number of hydrogen-bond acceptors (Lipinski definition) is 0. The second kappa shape index (κ2) is 4.15. The first-order valence-corrected chi connectivity index (χ1v) is 4.51. The van der Waals surface area contributed by atoms with Crippen molar-refractivity contribution in [3.63, 3.8) is 0 Å². The molecule has 1 aromatic rings. The first kappa shape index (κ1) is 9.11. The predicted octanol–water partition coefficient (Wildman–Crippen LogP) is 3.48. The molecule has 65 valence electrons. The number of unbranched alkanes of at least 4 members (excludes halogenated alkanes) is 1. The van der Waals surface area contributed by atoms with Crippen molar-refractivity contribution in [2.45, 2.75) is 33.1 Å². The van der Waals surface area contributed by atoms with Crippen molar-refractivity contribution in [3.8, 4) is 5.75 Å². The van der Waals surface area contributed by atoms with Gasteiger partial charge < -0.3 is 0 Å². The SMILES string of the molecule is CCCCc1cccc(C)c1[O]. The second-order valence-corrected chi connectivity index (χ2v) is 3.17. The van der Waals surface area contributed by atoms with Crippen molar-refractivity contribution < 1.29 is 5.11 Å². The van der Waals surface area contributed by atoms with E-state index in [1.807, 2.05) is 25.1 Å². The summed E-state index contributed by atoms with van der Waals surface area (Å²) in [7, 11) is 0. The van der Waals surface area contributed by atoms with Crippen LogP contribution in [0.15, 0.2) is 18.2 Å². The van der Waals surface area contributed by atoms with Gasteiger partial charge in [0.25, 0.3) is 0 Å². The lowest BCUT2D eigenvalue weighted by atomic mass is 10.0. The van der Waals surface area contributed by atoms with E-state index in [0.717, 1.165) is 30.4 Å². The van der Waals surface area contributed by atoms with Crippen molar-refractivity contribution in [3.05, 3.63) is 29.3 Å². The Labute approximate surface area is 74.1 Å². The van der Waals surface area contributed by atoms with E-state index in [4.69, 9.17) is 0 Å². The highest BCUT2D eigenvalue weighted by Gasteiger charge is 2.03. The van der Waals surface area contributed by atoms with Gasteiger partial charge in [0.1, 0.15) is 0 Å². The maximum absolute atomic E-state index is 11.5. The molecule has 1 rings (SSSR count). The van der Waals surface area contributed by atoms with Crippen molar-refractivity contribution in [1.82, 2.24) is 0 Å². The topological polar surface area (TPSA) is 19.9 Å². The van der Waals surface area contributed by atoms with Gasteiger partial charge in [-0.15, -0.1) is 0 Å². The third-order valence-corrected chi connectivity index (χ3v) is 2.09. The van der Waals surface area contributed by atoms with Gasteiger partial charge in [-0.25, -0.2) is 0 Å².